The van der Waals surface area contributed by atoms with Crippen molar-refractivity contribution in [2.24, 2.45) is 12.8 Å². The van der Waals surface area contributed by atoms with Crippen LogP contribution in [0.5, 0.6) is 0 Å². The number of fused-ring (bicyclic) bond motifs is 1. The minimum atomic E-state index is -0.792. The average molecular weight is 208 g/mol. The number of imidazole rings is 1. The summed E-state index contributed by atoms with van der Waals surface area (Å²) in [5.74, 6) is 0.00333. The van der Waals surface area contributed by atoms with Crippen molar-refractivity contribution < 1.29 is 4.79 Å². The molecule has 0 fully saturated rings. The maximum Gasteiger partial charge on any atom is 0.318 e. The van der Waals surface area contributed by atoms with Gasteiger partial charge in [-0.3, -0.25) is 15.1 Å². The number of anilines is 1. The Hall–Kier alpha value is -2.38. The minimum absolute atomic E-state index is 0.00333. The van der Waals surface area contributed by atoms with E-state index in [1.807, 2.05) is 0 Å². The third-order valence-electron chi connectivity index (χ3n) is 1.81. The van der Waals surface area contributed by atoms with Gasteiger partial charge in [-0.15, -0.1) is 0 Å². The number of aryl methyl sites for hydroxylation is 1. The van der Waals surface area contributed by atoms with Crippen LogP contribution in [0.15, 0.2) is 11.1 Å². The van der Waals surface area contributed by atoms with Gasteiger partial charge < -0.3 is 10.3 Å². The lowest BCUT2D eigenvalue weighted by Crippen LogP contribution is -2.23. The first-order valence-corrected chi connectivity index (χ1v) is 4.05. The summed E-state index contributed by atoms with van der Waals surface area (Å²) in [5.41, 5.74) is 5.06. The Morgan fingerprint density at radius 3 is 3.07 bits per heavy atom. The van der Waals surface area contributed by atoms with Crippen molar-refractivity contribution in [2.75, 3.05) is 5.32 Å². The molecule has 2 aromatic heterocycles. The molecule has 0 atom stereocenters. The van der Waals surface area contributed by atoms with E-state index in [0.717, 1.165) is 0 Å². The van der Waals surface area contributed by atoms with E-state index in [2.05, 4.69) is 20.3 Å². The van der Waals surface area contributed by atoms with Gasteiger partial charge in [0.25, 0.3) is 5.56 Å². The fourth-order valence-corrected chi connectivity index (χ4v) is 1.19. The smallest absolute Gasteiger partial charge is 0.318 e. The SMILES string of the molecule is Cn1cnc2c(=O)[nH]c(NC(N)=O)nc21. The van der Waals surface area contributed by atoms with E-state index < -0.39 is 11.6 Å². The van der Waals surface area contributed by atoms with Crippen LogP contribution in [0.1, 0.15) is 0 Å². The van der Waals surface area contributed by atoms with E-state index >= 15 is 0 Å². The molecule has 0 unspecified atom stereocenters. The Kier molecular flexibility index (Phi) is 1.89. The predicted octanol–water partition coefficient (Wildman–Crippen LogP) is -0.853. The second-order valence-electron chi connectivity index (χ2n) is 2.93. The highest BCUT2D eigenvalue weighted by Gasteiger charge is 2.08. The summed E-state index contributed by atoms with van der Waals surface area (Å²) < 4.78 is 1.57. The average Bonchev–Trinajstić information content (AvgIpc) is 2.47. The van der Waals surface area contributed by atoms with Crippen LogP contribution in [-0.4, -0.2) is 25.6 Å². The molecule has 8 heteroatoms. The molecular weight excluding hydrogens is 200 g/mol. The number of nitrogens with two attached hydrogens (primary N) is 1. The maximum atomic E-state index is 11.4. The lowest BCUT2D eigenvalue weighted by Gasteiger charge is -2.00. The molecule has 2 amide bonds. The molecule has 8 nitrogen and oxygen atoms in total. The summed E-state index contributed by atoms with van der Waals surface area (Å²) >= 11 is 0. The van der Waals surface area contributed by atoms with Gasteiger partial charge >= 0.3 is 6.03 Å². The molecule has 2 heterocycles. The summed E-state index contributed by atoms with van der Waals surface area (Å²) in [6.45, 7) is 0. The first-order valence-electron chi connectivity index (χ1n) is 4.05. The maximum absolute atomic E-state index is 11.4. The van der Waals surface area contributed by atoms with Crippen molar-refractivity contribution in [3.63, 3.8) is 0 Å². The van der Waals surface area contributed by atoms with Crippen molar-refractivity contribution in [2.45, 2.75) is 0 Å². The summed E-state index contributed by atoms with van der Waals surface area (Å²) in [4.78, 5) is 32.2. The quantitative estimate of drug-likeness (QED) is 0.565. The van der Waals surface area contributed by atoms with Crippen LogP contribution in [0.2, 0.25) is 0 Å². The second kappa shape index (κ2) is 3.08. The van der Waals surface area contributed by atoms with Crippen molar-refractivity contribution in [3.8, 4) is 0 Å². The summed E-state index contributed by atoms with van der Waals surface area (Å²) in [5, 5.41) is 2.19. The number of amides is 2. The van der Waals surface area contributed by atoms with Gasteiger partial charge in [0, 0.05) is 7.05 Å². The third-order valence-corrected chi connectivity index (χ3v) is 1.81. The molecule has 78 valence electrons. The predicted molar refractivity (Wildman–Crippen MR) is 52.3 cm³/mol. The van der Waals surface area contributed by atoms with Crippen LogP contribution in [0, 0.1) is 0 Å². The third kappa shape index (κ3) is 1.52. The molecule has 0 saturated carbocycles. The molecule has 0 aliphatic carbocycles. The van der Waals surface area contributed by atoms with Crippen molar-refractivity contribution in [1.29, 1.82) is 0 Å². The molecular formula is C7H8N6O2. The van der Waals surface area contributed by atoms with Gasteiger partial charge in [0.05, 0.1) is 6.33 Å². The topological polar surface area (TPSA) is 119 Å². The number of H-pyrrole nitrogens is 1. The van der Waals surface area contributed by atoms with Crippen molar-refractivity contribution >= 4 is 23.1 Å². The van der Waals surface area contributed by atoms with Crippen LogP contribution in [-0.2, 0) is 7.05 Å². The lowest BCUT2D eigenvalue weighted by molar-refractivity contribution is 0.259. The molecule has 15 heavy (non-hydrogen) atoms. The van der Waals surface area contributed by atoms with Crippen LogP contribution in [0.4, 0.5) is 10.7 Å². The summed E-state index contributed by atoms with van der Waals surface area (Å²) in [7, 11) is 1.69. The zero-order chi connectivity index (χ0) is 11.0. The Balaban J connectivity index is 2.65. The highest BCUT2D eigenvalue weighted by Crippen LogP contribution is 2.05. The van der Waals surface area contributed by atoms with E-state index in [0.29, 0.717) is 5.65 Å². The van der Waals surface area contributed by atoms with E-state index in [9.17, 15) is 9.59 Å². The number of aromatic amines is 1. The fourth-order valence-electron chi connectivity index (χ4n) is 1.19. The standard InChI is InChI=1S/C7H8N6O2/c1-13-2-9-3-4(13)10-7(11-5(3)14)12-6(8)15/h2H,1H3,(H4,8,10,11,12,14,15). The van der Waals surface area contributed by atoms with Crippen molar-refractivity contribution in [3.05, 3.63) is 16.7 Å². The van der Waals surface area contributed by atoms with E-state index in [-0.39, 0.29) is 11.5 Å². The van der Waals surface area contributed by atoms with Crippen LogP contribution in [0.3, 0.4) is 0 Å². The molecule has 0 radical (unpaired) electrons. The Morgan fingerprint density at radius 2 is 2.40 bits per heavy atom. The normalized spacial score (nSPS) is 10.5. The molecule has 0 aliphatic rings. The van der Waals surface area contributed by atoms with E-state index in [1.165, 1.54) is 6.33 Å². The zero-order valence-corrected chi connectivity index (χ0v) is 7.81. The Bertz CT molecular complexity index is 583. The molecule has 2 rings (SSSR count). The highest BCUT2D eigenvalue weighted by atomic mass is 16.2. The molecule has 4 N–H and O–H groups in total. The van der Waals surface area contributed by atoms with E-state index in [4.69, 9.17) is 5.73 Å². The van der Waals surface area contributed by atoms with Crippen LogP contribution in [0.25, 0.3) is 11.2 Å². The van der Waals surface area contributed by atoms with Gasteiger partial charge in [0.2, 0.25) is 5.95 Å². The number of urea groups is 1. The van der Waals surface area contributed by atoms with Gasteiger partial charge in [0.15, 0.2) is 11.2 Å². The van der Waals surface area contributed by atoms with Gasteiger partial charge in [-0.1, -0.05) is 0 Å². The van der Waals surface area contributed by atoms with Crippen LogP contribution >= 0.6 is 0 Å². The Labute approximate surface area is 83.1 Å². The highest BCUT2D eigenvalue weighted by molar-refractivity contribution is 5.86. The number of nitrogens with one attached hydrogen (secondary N) is 2. The molecule has 0 spiro atoms. The first kappa shape index (κ1) is 9.19. The number of carbonyl (C=O) groups excluding carboxylic acids is 1. The van der Waals surface area contributed by atoms with Gasteiger partial charge in [-0.2, -0.15) is 4.98 Å². The van der Waals surface area contributed by atoms with Gasteiger partial charge in [-0.05, 0) is 0 Å². The number of nitrogens with zero attached hydrogens (tertiary/aromatic N) is 3. The number of hydrogen-bond donors (Lipinski definition) is 3. The van der Waals surface area contributed by atoms with E-state index in [1.54, 1.807) is 11.6 Å². The number of primary amides is 1. The monoisotopic (exact) mass is 208 g/mol. The summed E-state index contributed by atoms with van der Waals surface area (Å²) in [6, 6.07) is -0.792. The molecule has 0 aromatic carbocycles. The van der Waals surface area contributed by atoms with Gasteiger partial charge in [0.1, 0.15) is 0 Å². The van der Waals surface area contributed by atoms with Crippen molar-refractivity contribution in [1.82, 2.24) is 19.5 Å². The minimum Gasteiger partial charge on any atom is -0.351 e. The number of hydrogen-bond acceptors (Lipinski definition) is 4. The summed E-state index contributed by atoms with van der Waals surface area (Å²) in [6.07, 6.45) is 1.46. The Morgan fingerprint density at radius 1 is 1.67 bits per heavy atom. The van der Waals surface area contributed by atoms with Gasteiger partial charge in [-0.25, -0.2) is 9.78 Å². The van der Waals surface area contributed by atoms with Crippen LogP contribution < -0.4 is 16.6 Å². The zero-order valence-electron chi connectivity index (χ0n) is 7.81. The molecule has 0 bridgehead atoms. The molecule has 2 aromatic rings. The first-order chi connectivity index (χ1) is 7.08. The lowest BCUT2D eigenvalue weighted by atomic mass is 10.5. The largest absolute Gasteiger partial charge is 0.351 e. The number of aromatic nitrogens is 4. The fraction of sp³-hybridized carbons (Fsp3) is 0.143. The molecule has 0 aliphatic heterocycles. The molecule has 0 saturated heterocycles. The number of carbonyl (C=O) groups is 1. The number of rotatable bonds is 1. The second-order valence-corrected chi connectivity index (χ2v) is 2.93.